The summed E-state index contributed by atoms with van der Waals surface area (Å²) in [5, 5.41) is 0. The molecule has 5 N–H and O–H groups in total. The first-order valence-electron chi connectivity index (χ1n) is 5.03. The number of rotatable bonds is 4. The van der Waals surface area contributed by atoms with Crippen molar-refractivity contribution in [2.75, 3.05) is 14.2 Å². The molecule has 0 aromatic heterocycles. The Labute approximate surface area is 99.8 Å². The van der Waals surface area contributed by atoms with E-state index in [4.69, 9.17) is 21.1 Å². The highest BCUT2D eigenvalue weighted by Crippen LogP contribution is 2.32. The molecule has 6 nitrogen and oxygen atoms in total. The zero-order valence-corrected chi connectivity index (χ0v) is 10.1. The molecule has 1 aromatic carbocycles. The fraction of sp³-hybridized carbons (Fsp3) is 0.364. The van der Waals surface area contributed by atoms with E-state index in [1.807, 2.05) is 12.3 Å². The Morgan fingerprint density at radius 2 is 2.00 bits per heavy atom. The molecule has 94 valence electrons. The Morgan fingerprint density at radius 1 is 1.35 bits per heavy atom. The molecule has 1 aromatic rings. The second-order valence-electron chi connectivity index (χ2n) is 3.55. The number of nitrogens with one attached hydrogen (secondary N) is 1. The van der Waals surface area contributed by atoms with Crippen LogP contribution in [-0.2, 0) is 4.79 Å². The van der Waals surface area contributed by atoms with Crippen molar-refractivity contribution in [3.8, 4) is 11.5 Å². The maximum absolute atomic E-state index is 11.4. The van der Waals surface area contributed by atoms with Gasteiger partial charge in [-0.15, -0.1) is 0 Å². The molecule has 0 radical (unpaired) electrons. The lowest BCUT2D eigenvalue weighted by Gasteiger charge is -2.18. The summed E-state index contributed by atoms with van der Waals surface area (Å²) in [6.07, 6.45) is 0. The molecule has 0 saturated carbocycles. The average Bonchev–Trinajstić information content (AvgIpc) is 2.35. The van der Waals surface area contributed by atoms with Crippen molar-refractivity contribution < 1.29 is 14.3 Å². The van der Waals surface area contributed by atoms with E-state index in [2.05, 4.69) is 0 Å². The minimum atomic E-state index is -0.874. The second-order valence-corrected chi connectivity index (χ2v) is 3.55. The zero-order valence-electron chi connectivity index (χ0n) is 10.1. The van der Waals surface area contributed by atoms with E-state index in [0.717, 1.165) is 5.56 Å². The molecule has 1 amide bonds. The quantitative estimate of drug-likeness (QED) is 0.390. The van der Waals surface area contributed by atoms with Gasteiger partial charge in [0.05, 0.1) is 14.2 Å². The monoisotopic (exact) mass is 239 g/mol. The third-order valence-corrected chi connectivity index (χ3v) is 2.51. The number of hydrogen-bond donors (Lipinski definition) is 3. The number of carbonyl (C=O) groups is 1. The van der Waals surface area contributed by atoms with E-state index in [9.17, 15) is 4.79 Å². The predicted molar refractivity (Wildman–Crippen MR) is 63.5 cm³/mol. The van der Waals surface area contributed by atoms with Gasteiger partial charge in [0.2, 0.25) is 0 Å². The minimum Gasteiger partial charge on any atom is -0.497 e. The second kappa shape index (κ2) is 5.51. The highest BCUT2D eigenvalue weighted by atomic mass is 16.5. The summed E-state index contributed by atoms with van der Waals surface area (Å²) in [6, 6.07) is 2.58. The number of amides is 1. The molecule has 6 heteroatoms. The van der Waals surface area contributed by atoms with Gasteiger partial charge in [-0.05, 0) is 18.6 Å². The number of benzene rings is 1. The van der Waals surface area contributed by atoms with E-state index < -0.39 is 11.9 Å². The average molecular weight is 239 g/mol. The molecule has 1 atom stereocenters. The fourth-order valence-electron chi connectivity index (χ4n) is 1.64. The maximum Gasteiger partial charge on any atom is 0.255 e. The summed E-state index contributed by atoms with van der Waals surface area (Å²) in [6.45, 7) is 1.82. The van der Waals surface area contributed by atoms with Gasteiger partial charge in [-0.25, -0.2) is 5.84 Å². The van der Waals surface area contributed by atoms with Crippen LogP contribution < -0.4 is 26.5 Å². The summed E-state index contributed by atoms with van der Waals surface area (Å²) < 4.78 is 10.3. The first-order valence-corrected chi connectivity index (χ1v) is 5.03. The molecule has 0 saturated heterocycles. The van der Waals surface area contributed by atoms with Crippen LogP contribution in [0, 0.1) is 6.92 Å². The predicted octanol–water partition coefficient (Wildman–Crippen LogP) is 0.00192. The van der Waals surface area contributed by atoms with E-state index in [1.165, 1.54) is 7.11 Å². The standard InChI is InChI=1S/C11H17N3O3/c1-6-4-7(16-2)5-8(17-3)9(6)10(12)11(15)14-13/h4-5,10H,12-13H2,1-3H3,(H,14,15). The van der Waals surface area contributed by atoms with E-state index in [-0.39, 0.29) is 0 Å². The van der Waals surface area contributed by atoms with Gasteiger partial charge in [0.15, 0.2) is 0 Å². The number of aryl methyl sites for hydroxylation is 1. The highest BCUT2D eigenvalue weighted by molar-refractivity contribution is 5.83. The molecule has 0 heterocycles. The molecule has 0 fully saturated rings. The number of hydrogen-bond acceptors (Lipinski definition) is 5. The molecule has 0 aliphatic heterocycles. The third-order valence-electron chi connectivity index (χ3n) is 2.51. The van der Waals surface area contributed by atoms with Gasteiger partial charge in [-0.1, -0.05) is 0 Å². The summed E-state index contributed by atoms with van der Waals surface area (Å²) in [5.41, 5.74) is 9.22. The van der Waals surface area contributed by atoms with E-state index in [1.54, 1.807) is 19.2 Å². The number of nitrogens with two attached hydrogens (primary N) is 2. The lowest BCUT2D eigenvalue weighted by atomic mass is 9.99. The highest BCUT2D eigenvalue weighted by Gasteiger charge is 2.22. The van der Waals surface area contributed by atoms with Crippen LogP contribution in [0.4, 0.5) is 0 Å². The number of hydrazine groups is 1. The Morgan fingerprint density at radius 3 is 2.47 bits per heavy atom. The van der Waals surface area contributed by atoms with Crippen molar-refractivity contribution in [3.63, 3.8) is 0 Å². The lowest BCUT2D eigenvalue weighted by molar-refractivity contribution is -0.122. The molecule has 0 bridgehead atoms. The topological polar surface area (TPSA) is 99.6 Å². The normalized spacial score (nSPS) is 11.8. The molecule has 1 unspecified atom stereocenters. The van der Waals surface area contributed by atoms with E-state index >= 15 is 0 Å². The first-order chi connectivity index (χ1) is 8.04. The summed E-state index contributed by atoms with van der Waals surface area (Å²) >= 11 is 0. The Balaban J connectivity index is 3.27. The number of ether oxygens (including phenoxy) is 2. The molecular weight excluding hydrogens is 222 g/mol. The summed E-state index contributed by atoms with van der Waals surface area (Å²) in [4.78, 5) is 11.4. The number of carbonyl (C=O) groups excluding carboxylic acids is 1. The van der Waals surface area contributed by atoms with Gasteiger partial charge in [0.25, 0.3) is 5.91 Å². The zero-order chi connectivity index (χ0) is 13.0. The van der Waals surface area contributed by atoms with Crippen LogP contribution in [-0.4, -0.2) is 20.1 Å². The molecule has 1 rings (SSSR count). The first kappa shape index (κ1) is 13.3. The van der Waals surface area contributed by atoms with Crippen molar-refractivity contribution in [2.45, 2.75) is 13.0 Å². The minimum absolute atomic E-state index is 0.475. The van der Waals surface area contributed by atoms with Crippen molar-refractivity contribution in [1.29, 1.82) is 0 Å². The maximum atomic E-state index is 11.4. The fourth-order valence-corrected chi connectivity index (χ4v) is 1.64. The van der Waals surface area contributed by atoms with Gasteiger partial charge in [0, 0.05) is 11.6 Å². The van der Waals surface area contributed by atoms with Gasteiger partial charge in [-0.2, -0.15) is 0 Å². The van der Waals surface area contributed by atoms with E-state index in [0.29, 0.717) is 17.1 Å². The molecule has 0 aliphatic rings. The molecule has 0 aliphatic carbocycles. The van der Waals surface area contributed by atoms with Crippen LogP contribution >= 0.6 is 0 Å². The Kier molecular flexibility index (Phi) is 4.30. The van der Waals surface area contributed by atoms with Crippen molar-refractivity contribution in [3.05, 3.63) is 23.3 Å². The van der Waals surface area contributed by atoms with Crippen molar-refractivity contribution in [1.82, 2.24) is 5.43 Å². The van der Waals surface area contributed by atoms with Crippen LogP contribution in [0.2, 0.25) is 0 Å². The van der Waals surface area contributed by atoms with Crippen LogP contribution in [0.5, 0.6) is 11.5 Å². The summed E-state index contributed by atoms with van der Waals surface area (Å²) in [7, 11) is 3.06. The van der Waals surface area contributed by atoms with Gasteiger partial charge >= 0.3 is 0 Å². The smallest absolute Gasteiger partial charge is 0.255 e. The summed E-state index contributed by atoms with van der Waals surface area (Å²) in [5.74, 6) is 5.73. The van der Waals surface area contributed by atoms with Crippen LogP contribution in [0.25, 0.3) is 0 Å². The SMILES string of the molecule is COc1cc(C)c(C(N)C(=O)NN)c(OC)c1. The van der Waals surface area contributed by atoms with Crippen LogP contribution in [0.1, 0.15) is 17.2 Å². The Hall–Kier alpha value is -1.79. The van der Waals surface area contributed by atoms with Crippen LogP contribution in [0.3, 0.4) is 0 Å². The van der Waals surface area contributed by atoms with Gasteiger partial charge in [0.1, 0.15) is 17.5 Å². The molecular formula is C11H17N3O3. The molecule has 0 spiro atoms. The third kappa shape index (κ3) is 2.66. The van der Waals surface area contributed by atoms with Crippen molar-refractivity contribution >= 4 is 5.91 Å². The van der Waals surface area contributed by atoms with Gasteiger partial charge < -0.3 is 15.2 Å². The largest absolute Gasteiger partial charge is 0.497 e. The molecule has 17 heavy (non-hydrogen) atoms. The van der Waals surface area contributed by atoms with Crippen LogP contribution in [0.15, 0.2) is 12.1 Å². The van der Waals surface area contributed by atoms with Gasteiger partial charge in [-0.3, -0.25) is 10.2 Å². The Bertz CT molecular complexity index is 421. The lowest BCUT2D eigenvalue weighted by Crippen LogP contribution is -2.38. The van der Waals surface area contributed by atoms with Crippen molar-refractivity contribution in [2.24, 2.45) is 11.6 Å². The number of methoxy groups -OCH3 is 2.